The standard InChI is InChI=1S/C17H37O3P/c1-5-7-9-10-11-14-19-21(18,16-8-6-2)20-15-12-13-17(3)4/h17H,5-16H2,1-4H3. The van der Waals surface area contributed by atoms with Crippen molar-refractivity contribution in [2.45, 2.75) is 85.5 Å². The van der Waals surface area contributed by atoms with Crippen LogP contribution in [0.3, 0.4) is 0 Å². The molecule has 4 heteroatoms. The Morgan fingerprint density at radius 3 is 1.95 bits per heavy atom. The summed E-state index contributed by atoms with van der Waals surface area (Å²) >= 11 is 0. The monoisotopic (exact) mass is 320 g/mol. The lowest BCUT2D eigenvalue weighted by molar-refractivity contribution is 0.195. The van der Waals surface area contributed by atoms with Crippen LogP contribution in [0.4, 0.5) is 0 Å². The Morgan fingerprint density at radius 1 is 0.810 bits per heavy atom. The fourth-order valence-electron chi connectivity index (χ4n) is 2.12. The molecule has 0 amide bonds. The van der Waals surface area contributed by atoms with Gasteiger partial charge in [0.25, 0.3) is 0 Å². The van der Waals surface area contributed by atoms with Gasteiger partial charge < -0.3 is 9.05 Å². The van der Waals surface area contributed by atoms with Gasteiger partial charge in [0.2, 0.25) is 0 Å². The van der Waals surface area contributed by atoms with Crippen LogP contribution in [0.25, 0.3) is 0 Å². The van der Waals surface area contributed by atoms with Crippen molar-refractivity contribution in [3.05, 3.63) is 0 Å². The molecule has 0 heterocycles. The molecule has 0 aromatic carbocycles. The van der Waals surface area contributed by atoms with Gasteiger partial charge in [-0.1, -0.05) is 59.8 Å². The molecule has 0 aliphatic heterocycles. The molecule has 0 aromatic rings. The Morgan fingerprint density at radius 2 is 1.38 bits per heavy atom. The van der Waals surface area contributed by atoms with Crippen LogP contribution >= 0.6 is 7.60 Å². The maximum Gasteiger partial charge on any atom is 0.330 e. The summed E-state index contributed by atoms with van der Waals surface area (Å²) in [7, 11) is -2.85. The van der Waals surface area contributed by atoms with Gasteiger partial charge in [-0.15, -0.1) is 0 Å². The summed E-state index contributed by atoms with van der Waals surface area (Å²) < 4.78 is 24.0. The van der Waals surface area contributed by atoms with E-state index in [0.29, 0.717) is 25.3 Å². The van der Waals surface area contributed by atoms with Crippen molar-refractivity contribution >= 4 is 7.60 Å². The van der Waals surface area contributed by atoms with Crippen molar-refractivity contribution < 1.29 is 13.6 Å². The van der Waals surface area contributed by atoms with E-state index in [0.717, 1.165) is 38.5 Å². The van der Waals surface area contributed by atoms with Crippen molar-refractivity contribution in [2.75, 3.05) is 19.4 Å². The molecule has 0 aliphatic carbocycles. The molecule has 0 bridgehead atoms. The van der Waals surface area contributed by atoms with Gasteiger partial charge in [0.15, 0.2) is 0 Å². The van der Waals surface area contributed by atoms with Crippen molar-refractivity contribution in [3.8, 4) is 0 Å². The van der Waals surface area contributed by atoms with E-state index in [1.165, 1.54) is 19.3 Å². The number of unbranched alkanes of at least 4 members (excludes halogenated alkanes) is 5. The van der Waals surface area contributed by atoms with Gasteiger partial charge in [0.05, 0.1) is 19.4 Å². The highest BCUT2D eigenvalue weighted by atomic mass is 31.2. The Balaban J connectivity index is 3.94. The molecule has 21 heavy (non-hydrogen) atoms. The van der Waals surface area contributed by atoms with E-state index in [1.54, 1.807) is 0 Å². The van der Waals surface area contributed by atoms with E-state index < -0.39 is 7.60 Å². The fourth-order valence-corrected chi connectivity index (χ4v) is 3.97. The minimum atomic E-state index is -2.85. The molecule has 3 nitrogen and oxygen atoms in total. The average molecular weight is 320 g/mol. The minimum Gasteiger partial charge on any atom is -0.309 e. The van der Waals surface area contributed by atoms with Gasteiger partial charge >= 0.3 is 7.60 Å². The van der Waals surface area contributed by atoms with Crippen molar-refractivity contribution in [3.63, 3.8) is 0 Å². The van der Waals surface area contributed by atoms with Gasteiger partial charge in [-0.3, -0.25) is 4.57 Å². The third-order valence-corrected chi connectivity index (χ3v) is 5.55. The molecular weight excluding hydrogens is 283 g/mol. The quantitative estimate of drug-likeness (QED) is 0.258. The van der Waals surface area contributed by atoms with E-state index in [9.17, 15) is 4.57 Å². The average Bonchev–Trinajstić information content (AvgIpc) is 2.45. The van der Waals surface area contributed by atoms with Gasteiger partial charge in [0, 0.05) is 0 Å². The largest absolute Gasteiger partial charge is 0.330 e. The molecule has 0 fully saturated rings. The van der Waals surface area contributed by atoms with E-state index in [2.05, 4.69) is 27.7 Å². The smallest absolute Gasteiger partial charge is 0.309 e. The number of hydrogen-bond donors (Lipinski definition) is 0. The molecule has 1 unspecified atom stereocenters. The van der Waals surface area contributed by atoms with Crippen LogP contribution in [0, 0.1) is 5.92 Å². The first-order chi connectivity index (χ1) is 10.0. The summed E-state index contributed by atoms with van der Waals surface area (Å²) in [6.07, 6.45) is 10.5. The summed E-state index contributed by atoms with van der Waals surface area (Å²) in [6.45, 7) is 9.85. The maximum atomic E-state index is 12.7. The van der Waals surface area contributed by atoms with Crippen LogP contribution in [0.1, 0.15) is 85.5 Å². The molecule has 0 saturated heterocycles. The summed E-state index contributed by atoms with van der Waals surface area (Å²) in [5, 5.41) is 0. The zero-order valence-electron chi connectivity index (χ0n) is 14.7. The highest BCUT2D eigenvalue weighted by molar-refractivity contribution is 7.53. The molecule has 0 aliphatic rings. The van der Waals surface area contributed by atoms with Crippen LogP contribution in [0.2, 0.25) is 0 Å². The molecule has 0 saturated carbocycles. The summed E-state index contributed by atoms with van der Waals surface area (Å²) in [5.41, 5.74) is 0. The van der Waals surface area contributed by atoms with Crippen molar-refractivity contribution in [2.24, 2.45) is 5.92 Å². The first kappa shape index (κ1) is 21.1. The van der Waals surface area contributed by atoms with E-state index in [-0.39, 0.29) is 0 Å². The normalized spacial score (nSPS) is 14.5. The van der Waals surface area contributed by atoms with Crippen LogP contribution in [0.5, 0.6) is 0 Å². The molecule has 0 spiro atoms. The maximum absolute atomic E-state index is 12.7. The molecule has 128 valence electrons. The number of hydrogen-bond acceptors (Lipinski definition) is 3. The van der Waals surface area contributed by atoms with Gasteiger partial charge in [-0.2, -0.15) is 0 Å². The summed E-state index contributed by atoms with van der Waals surface area (Å²) in [6, 6.07) is 0. The topological polar surface area (TPSA) is 35.5 Å². The zero-order chi connectivity index (χ0) is 16.0. The second-order valence-corrected chi connectivity index (χ2v) is 8.49. The highest BCUT2D eigenvalue weighted by Gasteiger charge is 2.23. The van der Waals surface area contributed by atoms with Crippen LogP contribution in [0.15, 0.2) is 0 Å². The van der Waals surface area contributed by atoms with Crippen LogP contribution in [-0.4, -0.2) is 19.4 Å². The zero-order valence-corrected chi connectivity index (χ0v) is 15.6. The summed E-state index contributed by atoms with van der Waals surface area (Å²) in [4.78, 5) is 0. The predicted octanol–water partition coefficient (Wildman–Crippen LogP) is 6.42. The third kappa shape index (κ3) is 13.5. The Hall–Kier alpha value is 0.150. The number of rotatable bonds is 15. The Labute approximate surface area is 132 Å². The van der Waals surface area contributed by atoms with E-state index in [1.807, 2.05) is 0 Å². The predicted molar refractivity (Wildman–Crippen MR) is 92.1 cm³/mol. The second-order valence-electron chi connectivity index (χ2n) is 6.30. The fraction of sp³-hybridized carbons (Fsp3) is 1.00. The van der Waals surface area contributed by atoms with Gasteiger partial charge in [-0.25, -0.2) is 0 Å². The lowest BCUT2D eigenvalue weighted by Crippen LogP contribution is -2.04. The molecule has 1 atom stereocenters. The van der Waals surface area contributed by atoms with Gasteiger partial charge in [-0.05, 0) is 31.6 Å². The van der Waals surface area contributed by atoms with Crippen LogP contribution in [-0.2, 0) is 13.6 Å². The SMILES string of the molecule is CCCCCCCOP(=O)(CCCC)OCCCC(C)C. The Kier molecular flexibility index (Phi) is 13.9. The van der Waals surface area contributed by atoms with Crippen molar-refractivity contribution in [1.82, 2.24) is 0 Å². The van der Waals surface area contributed by atoms with Crippen molar-refractivity contribution in [1.29, 1.82) is 0 Å². The van der Waals surface area contributed by atoms with Crippen LogP contribution < -0.4 is 0 Å². The molecule has 0 N–H and O–H groups in total. The molecule has 0 aromatic heterocycles. The molecular formula is C17H37O3P. The first-order valence-corrected chi connectivity index (χ1v) is 10.6. The lowest BCUT2D eigenvalue weighted by atomic mass is 10.1. The van der Waals surface area contributed by atoms with E-state index >= 15 is 0 Å². The first-order valence-electron chi connectivity index (χ1n) is 8.92. The van der Waals surface area contributed by atoms with E-state index in [4.69, 9.17) is 9.05 Å². The molecule has 0 rings (SSSR count). The lowest BCUT2D eigenvalue weighted by Gasteiger charge is -2.18. The summed E-state index contributed by atoms with van der Waals surface area (Å²) in [5.74, 6) is 0.670. The minimum absolute atomic E-state index is 0.564. The highest BCUT2D eigenvalue weighted by Crippen LogP contribution is 2.49. The molecule has 0 radical (unpaired) electrons. The third-order valence-electron chi connectivity index (χ3n) is 3.54. The second kappa shape index (κ2) is 13.8. The van der Waals surface area contributed by atoms with Gasteiger partial charge in [0.1, 0.15) is 0 Å². The Bertz CT molecular complexity index is 267.